The Bertz CT molecular complexity index is 433. The number of hydrogen-bond acceptors (Lipinski definition) is 4. The van der Waals surface area contributed by atoms with E-state index in [4.69, 9.17) is 26.9 Å². The summed E-state index contributed by atoms with van der Waals surface area (Å²) in [5.74, 6) is 5.14. The Kier molecular flexibility index (Phi) is 4.41. The van der Waals surface area contributed by atoms with Gasteiger partial charge in [-0.05, 0) is 31.0 Å². The predicted octanol–water partition coefficient (Wildman–Crippen LogP) is 1.50. The minimum absolute atomic E-state index is 0.0921. The van der Waals surface area contributed by atoms with Crippen LogP contribution in [0, 0.1) is 0 Å². The van der Waals surface area contributed by atoms with E-state index in [2.05, 4.69) is 5.43 Å². The van der Waals surface area contributed by atoms with Crippen molar-refractivity contribution in [3.63, 3.8) is 0 Å². The fraction of sp³-hybridized carbons (Fsp3) is 0.417. The minimum atomic E-state index is -0.431. The first-order valence-corrected chi connectivity index (χ1v) is 6.13. The van der Waals surface area contributed by atoms with Gasteiger partial charge in [-0.25, -0.2) is 5.84 Å². The van der Waals surface area contributed by atoms with Crippen LogP contribution in [0.5, 0.6) is 5.75 Å². The van der Waals surface area contributed by atoms with Crippen LogP contribution in [0.4, 0.5) is 0 Å². The zero-order valence-electron chi connectivity index (χ0n) is 9.82. The van der Waals surface area contributed by atoms with Crippen LogP contribution in [0.25, 0.3) is 0 Å². The lowest BCUT2D eigenvalue weighted by Gasteiger charge is -2.14. The summed E-state index contributed by atoms with van der Waals surface area (Å²) in [6.07, 6.45) is 2.12. The molecule has 0 bridgehead atoms. The van der Waals surface area contributed by atoms with Gasteiger partial charge in [0.25, 0.3) is 5.91 Å². The van der Waals surface area contributed by atoms with E-state index in [1.54, 1.807) is 12.1 Å². The Morgan fingerprint density at radius 2 is 2.44 bits per heavy atom. The summed E-state index contributed by atoms with van der Waals surface area (Å²) in [7, 11) is 0. The molecule has 3 N–H and O–H groups in total. The zero-order chi connectivity index (χ0) is 13.0. The van der Waals surface area contributed by atoms with Crippen molar-refractivity contribution in [2.24, 2.45) is 5.84 Å². The predicted molar refractivity (Wildman–Crippen MR) is 67.6 cm³/mol. The molecule has 1 heterocycles. The lowest BCUT2D eigenvalue weighted by molar-refractivity contribution is 0.0670. The SMILES string of the molecule is NNC(=O)c1cc(Cl)ccc1OCC1CCCO1. The molecule has 0 aromatic heterocycles. The number of nitrogens with two attached hydrogens (primary N) is 1. The molecule has 1 amide bonds. The molecular weight excluding hydrogens is 256 g/mol. The molecule has 1 aliphatic rings. The molecule has 0 radical (unpaired) electrons. The van der Waals surface area contributed by atoms with Gasteiger partial charge in [-0.1, -0.05) is 11.6 Å². The molecule has 0 aliphatic carbocycles. The first kappa shape index (κ1) is 13.1. The summed E-state index contributed by atoms with van der Waals surface area (Å²) in [4.78, 5) is 11.6. The van der Waals surface area contributed by atoms with Crippen LogP contribution >= 0.6 is 11.6 Å². The van der Waals surface area contributed by atoms with Gasteiger partial charge in [0.2, 0.25) is 0 Å². The van der Waals surface area contributed by atoms with E-state index in [0.29, 0.717) is 22.9 Å². The highest BCUT2D eigenvalue weighted by molar-refractivity contribution is 6.31. The number of amides is 1. The summed E-state index contributed by atoms with van der Waals surface area (Å²) < 4.78 is 11.0. The van der Waals surface area contributed by atoms with Crippen LogP contribution in [0.2, 0.25) is 5.02 Å². The van der Waals surface area contributed by atoms with E-state index < -0.39 is 5.91 Å². The maximum atomic E-state index is 11.6. The number of hydrogen-bond donors (Lipinski definition) is 2. The molecule has 18 heavy (non-hydrogen) atoms. The number of hydrazine groups is 1. The topological polar surface area (TPSA) is 73.6 Å². The summed E-state index contributed by atoms with van der Waals surface area (Å²) >= 11 is 5.84. The summed E-state index contributed by atoms with van der Waals surface area (Å²) in [5.41, 5.74) is 2.39. The van der Waals surface area contributed by atoms with Gasteiger partial charge in [-0.15, -0.1) is 0 Å². The van der Waals surface area contributed by atoms with Gasteiger partial charge in [0.05, 0.1) is 11.7 Å². The average molecular weight is 271 g/mol. The third-order valence-electron chi connectivity index (χ3n) is 2.77. The highest BCUT2D eigenvalue weighted by atomic mass is 35.5. The van der Waals surface area contributed by atoms with Gasteiger partial charge in [-0.3, -0.25) is 10.2 Å². The second kappa shape index (κ2) is 6.04. The van der Waals surface area contributed by atoms with Crippen molar-refractivity contribution in [2.45, 2.75) is 18.9 Å². The monoisotopic (exact) mass is 270 g/mol. The van der Waals surface area contributed by atoms with E-state index in [1.807, 2.05) is 0 Å². The first-order chi connectivity index (χ1) is 8.70. The Balaban J connectivity index is 2.08. The largest absolute Gasteiger partial charge is 0.490 e. The van der Waals surface area contributed by atoms with Crippen molar-refractivity contribution in [3.8, 4) is 5.75 Å². The highest BCUT2D eigenvalue weighted by Crippen LogP contribution is 2.24. The Morgan fingerprint density at radius 1 is 1.61 bits per heavy atom. The van der Waals surface area contributed by atoms with Crippen LogP contribution in [-0.2, 0) is 4.74 Å². The van der Waals surface area contributed by atoms with Gasteiger partial charge in [0.15, 0.2) is 0 Å². The molecule has 2 rings (SSSR count). The third-order valence-corrected chi connectivity index (χ3v) is 3.00. The van der Waals surface area contributed by atoms with Crippen molar-refractivity contribution >= 4 is 17.5 Å². The maximum absolute atomic E-state index is 11.6. The standard InChI is InChI=1S/C12H15ClN2O3/c13-8-3-4-11(10(6-8)12(16)15-14)18-7-9-2-1-5-17-9/h3-4,6,9H,1-2,5,7,14H2,(H,15,16). The van der Waals surface area contributed by atoms with Gasteiger partial charge in [-0.2, -0.15) is 0 Å². The smallest absolute Gasteiger partial charge is 0.268 e. The van der Waals surface area contributed by atoms with Crippen molar-refractivity contribution in [1.29, 1.82) is 0 Å². The maximum Gasteiger partial charge on any atom is 0.268 e. The minimum Gasteiger partial charge on any atom is -0.490 e. The Morgan fingerprint density at radius 3 is 3.11 bits per heavy atom. The molecule has 0 saturated carbocycles. The summed E-state index contributed by atoms with van der Waals surface area (Å²) in [5, 5.41) is 0.457. The molecule has 6 heteroatoms. The molecule has 1 aromatic carbocycles. The molecule has 5 nitrogen and oxygen atoms in total. The van der Waals surface area contributed by atoms with Crippen molar-refractivity contribution < 1.29 is 14.3 Å². The van der Waals surface area contributed by atoms with E-state index in [-0.39, 0.29) is 6.10 Å². The molecule has 1 saturated heterocycles. The second-order valence-electron chi connectivity index (χ2n) is 4.06. The molecule has 1 unspecified atom stereocenters. The van der Waals surface area contributed by atoms with Crippen LogP contribution in [0.15, 0.2) is 18.2 Å². The van der Waals surface area contributed by atoms with Gasteiger partial charge >= 0.3 is 0 Å². The number of nitrogens with one attached hydrogen (secondary N) is 1. The molecule has 1 fully saturated rings. The lowest BCUT2D eigenvalue weighted by atomic mass is 10.2. The second-order valence-corrected chi connectivity index (χ2v) is 4.50. The first-order valence-electron chi connectivity index (χ1n) is 5.75. The normalized spacial score (nSPS) is 18.7. The van der Waals surface area contributed by atoms with Gasteiger partial charge < -0.3 is 9.47 Å². The molecule has 1 aliphatic heterocycles. The number of ether oxygens (including phenoxy) is 2. The van der Waals surface area contributed by atoms with Gasteiger partial charge in [0, 0.05) is 11.6 Å². The van der Waals surface area contributed by atoms with E-state index in [9.17, 15) is 4.79 Å². The van der Waals surface area contributed by atoms with Crippen LogP contribution in [0.3, 0.4) is 0 Å². The molecule has 1 aromatic rings. The zero-order valence-corrected chi connectivity index (χ0v) is 10.6. The number of nitrogen functional groups attached to an aromatic ring is 1. The molecule has 0 spiro atoms. The number of benzene rings is 1. The summed E-state index contributed by atoms with van der Waals surface area (Å²) in [6, 6.07) is 4.84. The fourth-order valence-corrected chi connectivity index (χ4v) is 2.01. The number of rotatable bonds is 4. The fourth-order valence-electron chi connectivity index (χ4n) is 1.84. The third kappa shape index (κ3) is 3.13. The van der Waals surface area contributed by atoms with Crippen molar-refractivity contribution in [2.75, 3.05) is 13.2 Å². The number of halogens is 1. The summed E-state index contributed by atoms with van der Waals surface area (Å²) in [6.45, 7) is 1.19. The highest BCUT2D eigenvalue weighted by Gasteiger charge is 2.18. The Hall–Kier alpha value is -1.30. The molecule has 1 atom stereocenters. The Labute approximate surface area is 110 Å². The van der Waals surface area contributed by atoms with Crippen molar-refractivity contribution in [1.82, 2.24) is 5.43 Å². The van der Waals surface area contributed by atoms with Crippen LogP contribution in [-0.4, -0.2) is 25.2 Å². The van der Waals surface area contributed by atoms with E-state index >= 15 is 0 Å². The van der Waals surface area contributed by atoms with Gasteiger partial charge in [0.1, 0.15) is 12.4 Å². The molecule has 98 valence electrons. The molecular formula is C12H15ClN2O3. The van der Waals surface area contributed by atoms with Crippen LogP contribution < -0.4 is 16.0 Å². The van der Waals surface area contributed by atoms with Crippen LogP contribution in [0.1, 0.15) is 23.2 Å². The quantitative estimate of drug-likeness (QED) is 0.494. The number of carbonyl (C=O) groups excluding carboxylic acids is 1. The van der Waals surface area contributed by atoms with E-state index in [0.717, 1.165) is 19.4 Å². The van der Waals surface area contributed by atoms with Crippen molar-refractivity contribution in [3.05, 3.63) is 28.8 Å². The number of carbonyl (C=O) groups is 1. The average Bonchev–Trinajstić information content (AvgIpc) is 2.89. The van der Waals surface area contributed by atoms with E-state index in [1.165, 1.54) is 6.07 Å². The lowest BCUT2D eigenvalue weighted by Crippen LogP contribution is -2.30.